The van der Waals surface area contributed by atoms with Crippen molar-refractivity contribution in [3.8, 4) is 11.6 Å². The van der Waals surface area contributed by atoms with E-state index in [-0.39, 0.29) is 11.6 Å². The van der Waals surface area contributed by atoms with Gasteiger partial charge in [-0.05, 0) is 26.0 Å². The number of halogens is 2. The van der Waals surface area contributed by atoms with Gasteiger partial charge in [-0.25, -0.2) is 15.2 Å². The fourth-order valence-corrected chi connectivity index (χ4v) is 1.51. The van der Waals surface area contributed by atoms with Crippen LogP contribution in [-0.4, -0.2) is 9.97 Å². The molecule has 0 radical (unpaired) electrons. The highest BCUT2D eigenvalue weighted by Crippen LogP contribution is 2.29. The molecule has 0 fully saturated rings. The van der Waals surface area contributed by atoms with E-state index in [1.807, 2.05) is 0 Å². The molecule has 5 nitrogen and oxygen atoms in total. The van der Waals surface area contributed by atoms with Crippen LogP contribution in [0.1, 0.15) is 11.4 Å². The van der Waals surface area contributed by atoms with Gasteiger partial charge < -0.3 is 10.2 Å². The molecule has 0 aliphatic heterocycles. The maximum absolute atomic E-state index is 13.5. The Labute approximate surface area is 108 Å². The molecule has 0 spiro atoms. The summed E-state index contributed by atoms with van der Waals surface area (Å²) in [6.45, 7) is 3.29. The fraction of sp³-hybridized carbons (Fsp3) is 0.167. The van der Waals surface area contributed by atoms with Gasteiger partial charge in [0.05, 0.1) is 5.56 Å². The second-order valence-electron chi connectivity index (χ2n) is 3.85. The lowest BCUT2D eigenvalue weighted by molar-refractivity contribution is 0.402. The molecule has 2 aromatic rings. The molecule has 0 aliphatic carbocycles. The lowest BCUT2D eigenvalue weighted by Gasteiger charge is -2.12. The van der Waals surface area contributed by atoms with Crippen LogP contribution < -0.4 is 16.0 Å². The van der Waals surface area contributed by atoms with Gasteiger partial charge in [-0.2, -0.15) is 9.37 Å². The average molecular weight is 266 g/mol. The van der Waals surface area contributed by atoms with E-state index < -0.39 is 11.6 Å². The first-order valence-electron chi connectivity index (χ1n) is 5.46. The molecule has 1 aromatic heterocycles. The van der Waals surface area contributed by atoms with Crippen molar-refractivity contribution < 1.29 is 13.5 Å². The molecule has 0 bridgehead atoms. The zero-order valence-corrected chi connectivity index (χ0v) is 10.4. The minimum absolute atomic E-state index is 0.116. The van der Waals surface area contributed by atoms with Crippen LogP contribution in [0.15, 0.2) is 18.2 Å². The van der Waals surface area contributed by atoms with E-state index in [0.29, 0.717) is 17.2 Å². The number of benzene rings is 1. The normalized spacial score (nSPS) is 10.4. The Kier molecular flexibility index (Phi) is 3.57. The number of hydrogen-bond acceptors (Lipinski definition) is 5. The molecule has 1 heterocycles. The number of nitrogens with one attached hydrogen (secondary N) is 1. The van der Waals surface area contributed by atoms with Crippen LogP contribution in [0.3, 0.4) is 0 Å². The second-order valence-corrected chi connectivity index (χ2v) is 3.85. The van der Waals surface area contributed by atoms with E-state index in [1.165, 1.54) is 12.1 Å². The number of hydrogen-bond donors (Lipinski definition) is 2. The van der Waals surface area contributed by atoms with Gasteiger partial charge in [0.15, 0.2) is 11.6 Å². The molecule has 0 atom stereocenters. The Hall–Kier alpha value is -2.28. The number of nitrogens with two attached hydrogens (primary N) is 1. The molecular weight excluding hydrogens is 254 g/mol. The van der Waals surface area contributed by atoms with Crippen LogP contribution >= 0.6 is 0 Å². The molecule has 100 valence electrons. The Bertz CT molecular complexity index is 619. The summed E-state index contributed by atoms with van der Waals surface area (Å²) in [4.78, 5) is 8.07. The second kappa shape index (κ2) is 5.15. The first-order valence-corrected chi connectivity index (χ1v) is 5.46. The number of aromatic nitrogens is 2. The van der Waals surface area contributed by atoms with E-state index >= 15 is 0 Å². The number of rotatable bonds is 3. The topological polar surface area (TPSA) is 73.1 Å². The van der Waals surface area contributed by atoms with Crippen molar-refractivity contribution in [1.82, 2.24) is 9.97 Å². The van der Waals surface area contributed by atoms with Crippen molar-refractivity contribution >= 4 is 5.82 Å². The van der Waals surface area contributed by atoms with Crippen molar-refractivity contribution in [2.45, 2.75) is 13.8 Å². The van der Waals surface area contributed by atoms with Gasteiger partial charge >= 0.3 is 0 Å². The molecule has 2 rings (SSSR count). The fourth-order valence-electron chi connectivity index (χ4n) is 1.51. The van der Waals surface area contributed by atoms with E-state index in [1.54, 1.807) is 13.8 Å². The van der Waals surface area contributed by atoms with Gasteiger partial charge in [0, 0.05) is 0 Å². The maximum Gasteiger partial charge on any atom is 0.227 e. The largest absolute Gasteiger partial charge is 0.435 e. The lowest BCUT2D eigenvalue weighted by Crippen LogP contribution is -2.12. The predicted octanol–water partition coefficient (Wildman–Crippen LogP) is 2.45. The quantitative estimate of drug-likeness (QED) is 0.659. The van der Waals surface area contributed by atoms with Crippen LogP contribution in [0.2, 0.25) is 0 Å². The highest BCUT2D eigenvalue weighted by Gasteiger charge is 2.14. The smallest absolute Gasteiger partial charge is 0.227 e. The third-order valence-electron chi connectivity index (χ3n) is 2.47. The summed E-state index contributed by atoms with van der Waals surface area (Å²) in [6.07, 6.45) is 0. The SMILES string of the molecule is Cc1nc(NN)c(C)c(Oc2cccc(F)c2F)n1. The molecular formula is C12H12F2N4O. The molecule has 0 aliphatic rings. The standard InChI is InChI=1S/C12H12F2N4O/c1-6-11(18-15)16-7(2)17-12(6)19-9-5-3-4-8(13)10(9)14/h3-5H,15H2,1-2H3,(H,16,17,18). The number of hydrazine groups is 1. The van der Waals surface area contributed by atoms with Crippen molar-refractivity contribution in [2.75, 3.05) is 5.43 Å². The predicted molar refractivity (Wildman–Crippen MR) is 65.7 cm³/mol. The van der Waals surface area contributed by atoms with Crippen LogP contribution in [-0.2, 0) is 0 Å². The van der Waals surface area contributed by atoms with Crippen molar-refractivity contribution in [3.63, 3.8) is 0 Å². The minimum Gasteiger partial charge on any atom is -0.435 e. The summed E-state index contributed by atoms with van der Waals surface area (Å²) in [7, 11) is 0. The Morgan fingerprint density at radius 3 is 2.63 bits per heavy atom. The van der Waals surface area contributed by atoms with Crippen LogP contribution in [0, 0.1) is 25.5 Å². The monoisotopic (exact) mass is 266 g/mol. The number of nitrogens with zero attached hydrogens (tertiary/aromatic N) is 2. The van der Waals surface area contributed by atoms with E-state index in [0.717, 1.165) is 6.07 Å². The third-order valence-corrected chi connectivity index (χ3v) is 2.47. The zero-order valence-electron chi connectivity index (χ0n) is 10.4. The Morgan fingerprint density at radius 2 is 1.95 bits per heavy atom. The number of anilines is 1. The highest BCUT2D eigenvalue weighted by atomic mass is 19.2. The minimum atomic E-state index is -1.07. The molecule has 0 amide bonds. The highest BCUT2D eigenvalue weighted by molar-refractivity contribution is 5.48. The summed E-state index contributed by atoms with van der Waals surface area (Å²) in [6, 6.07) is 3.66. The van der Waals surface area contributed by atoms with Crippen LogP contribution in [0.5, 0.6) is 11.6 Å². The van der Waals surface area contributed by atoms with Gasteiger partial charge in [-0.1, -0.05) is 6.07 Å². The summed E-state index contributed by atoms with van der Waals surface area (Å²) in [5.74, 6) is 3.87. The first kappa shape index (κ1) is 13.2. The average Bonchev–Trinajstić information content (AvgIpc) is 2.38. The Morgan fingerprint density at radius 1 is 1.21 bits per heavy atom. The molecule has 1 aromatic carbocycles. The van der Waals surface area contributed by atoms with E-state index in [2.05, 4.69) is 15.4 Å². The van der Waals surface area contributed by atoms with Crippen molar-refractivity contribution in [1.29, 1.82) is 0 Å². The summed E-state index contributed by atoms with van der Waals surface area (Å²) >= 11 is 0. The van der Waals surface area contributed by atoms with Crippen molar-refractivity contribution in [2.24, 2.45) is 5.84 Å². The van der Waals surface area contributed by atoms with Gasteiger partial charge in [-0.15, -0.1) is 0 Å². The third kappa shape index (κ3) is 2.60. The molecule has 3 N–H and O–H groups in total. The first-order chi connectivity index (χ1) is 9.02. The van der Waals surface area contributed by atoms with Crippen LogP contribution in [0.25, 0.3) is 0 Å². The van der Waals surface area contributed by atoms with E-state index in [4.69, 9.17) is 10.6 Å². The zero-order chi connectivity index (χ0) is 14.0. The van der Waals surface area contributed by atoms with Gasteiger partial charge in [-0.3, -0.25) is 0 Å². The summed E-state index contributed by atoms with van der Waals surface area (Å²) in [5, 5.41) is 0. The molecule has 0 saturated carbocycles. The molecule has 0 unspecified atom stereocenters. The molecule has 7 heteroatoms. The number of ether oxygens (including phenoxy) is 1. The van der Waals surface area contributed by atoms with Gasteiger partial charge in [0.2, 0.25) is 11.7 Å². The lowest BCUT2D eigenvalue weighted by atomic mass is 10.3. The number of aryl methyl sites for hydroxylation is 1. The van der Waals surface area contributed by atoms with Crippen LogP contribution in [0.4, 0.5) is 14.6 Å². The van der Waals surface area contributed by atoms with E-state index in [9.17, 15) is 8.78 Å². The molecule has 19 heavy (non-hydrogen) atoms. The number of nitrogen functional groups attached to an aromatic ring is 1. The van der Waals surface area contributed by atoms with Crippen molar-refractivity contribution in [3.05, 3.63) is 41.2 Å². The maximum atomic E-state index is 13.5. The molecule has 0 saturated heterocycles. The summed E-state index contributed by atoms with van der Waals surface area (Å²) < 4.78 is 31.9. The van der Waals surface area contributed by atoms with Gasteiger partial charge in [0.25, 0.3) is 0 Å². The van der Waals surface area contributed by atoms with Gasteiger partial charge in [0.1, 0.15) is 11.6 Å². The summed E-state index contributed by atoms with van der Waals surface area (Å²) in [5.41, 5.74) is 2.89. The Balaban J connectivity index is 2.43.